The van der Waals surface area contributed by atoms with Gasteiger partial charge in [0.05, 0.1) is 12.7 Å². The van der Waals surface area contributed by atoms with Crippen molar-refractivity contribution < 1.29 is 9.18 Å². The molecule has 1 fully saturated rings. The van der Waals surface area contributed by atoms with Gasteiger partial charge >= 0.3 is 0 Å². The molecule has 23 heavy (non-hydrogen) atoms. The molecule has 0 bridgehead atoms. The van der Waals surface area contributed by atoms with Crippen LogP contribution in [0.25, 0.3) is 0 Å². The van der Waals surface area contributed by atoms with Gasteiger partial charge in [-0.15, -0.1) is 5.10 Å². The molecule has 2 heterocycles. The van der Waals surface area contributed by atoms with Gasteiger partial charge in [0.25, 0.3) is 5.91 Å². The fourth-order valence-electron chi connectivity index (χ4n) is 2.86. The van der Waals surface area contributed by atoms with Gasteiger partial charge in [-0.05, 0) is 37.6 Å². The Bertz CT molecular complexity index is 687. The van der Waals surface area contributed by atoms with Gasteiger partial charge in [0, 0.05) is 19.1 Å². The van der Waals surface area contributed by atoms with Crippen molar-refractivity contribution >= 4 is 5.91 Å². The summed E-state index contributed by atoms with van der Waals surface area (Å²) in [6.45, 7) is 1.82. The number of hydrogen-bond acceptors (Lipinski definition) is 4. The normalized spacial score (nSPS) is 18.2. The third kappa shape index (κ3) is 3.73. The van der Waals surface area contributed by atoms with Gasteiger partial charge in [-0.1, -0.05) is 17.3 Å². The van der Waals surface area contributed by atoms with Crippen LogP contribution >= 0.6 is 0 Å². The van der Waals surface area contributed by atoms with E-state index in [1.807, 2.05) is 13.1 Å². The van der Waals surface area contributed by atoms with Gasteiger partial charge in [-0.25, -0.2) is 9.07 Å². The molecule has 1 atom stereocenters. The van der Waals surface area contributed by atoms with Crippen molar-refractivity contribution in [3.63, 3.8) is 0 Å². The minimum atomic E-state index is -0.287. The largest absolute Gasteiger partial charge is 0.336 e. The monoisotopic (exact) mass is 317 g/mol. The van der Waals surface area contributed by atoms with Crippen LogP contribution in [0, 0.1) is 5.82 Å². The molecule has 1 saturated heterocycles. The lowest BCUT2D eigenvalue weighted by atomic mass is 10.1. The lowest BCUT2D eigenvalue weighted by molar-refractivity contribution is 0.0692. The Labute approximate surface area is 134 Å². The van der Waals surface area contributed by atoms with Gasteiger partial charge in [0.2, 0.25) is 0 Å². The number of likely N-dealkylation sites (N-methyl/N-ethyl adjacent to an activating group) is 1. The van der Waals surface area contributed by atoms with E-state index in [2.05, 4.69) is 15.6 Å². The highest BCUT2D eigenvalue weighted by molar-refractivity contribution is 5.92. The van der Waals surface area contributed by atoms with Crippen LogP contribution in [-0.2, 0) is 6.54 Å². The van der Waals surface area contributed by atoms with E-state index in [0.717, 1.165) is 24.9 Å². The van der Waals surface area contributed by atoms with E-state index in [-0.39, 0.29) is 11.7 Å². The van der Waals surface area contributed by atoms with Crippen molar-refractivity contribution in [2.45, 2.75) is 25.4 Å². The number of aromatic nitrogens is 3. The van der Waals surface area contributed by atoms with E-state index < -0.39 is 0 Å². The summed E-state index contributed by atoms with van der Waals surface area (Å²) in [5.74, 6) is -0.388. The Morgan fingerprint density at radius 1 is 1.48 bits per heavy atom. The van der Waals surface area contributed by atoms with Crippen LogP contribution < -0.4 is 5.32 Å². The molecule has 0 saturated carbocycles. The number of hydrogen-bond donors (Lipinski definition) is 1. The molecule has 1 amide bonds. The Morgan fingerprint density at radius 3 is 3.13 bits per heavy atom. The van der Waals surface area contributed by atoms with Gasteiger partial charge in [-0.2, -0.15) is 0 Å². The van der Waals surface area contributed by atoms with E-state index >= 15 is 0 Å². The van der Waals surface area contributed by atoms with Crippen molar-refractivity contribution in [2.24, 2.45) is 0 Å². The molecule has 1 aromatic carbocycles. The first-order valence-corrected chi connectivity index (χ1v) is 7.77. The number of benzene rings is 1. The third-order valence-corrected chi connectivity index (χ3v) is 4.11. The predicted molar refractivity (Wildman–Crippen MR) is 83.5 cm³/mol. The third-order valence-electron chi connectivity index (χ3n) is 4.11. The molecule has 0 unspecified atom stereocenters. The highest BCUT2D eigenvalue weighted by Gasteiger charge is 2.25. The summed E-state index contributed by atoms with van der Waals surface area (Å²) < 4.78 is 14.8. The van der Waals surface area contributed by atoms with E-state index in [4.69, 9.17) is 0 Å². The molecule has 6 nitrogen and oxygen atoms in total. The molecule has 1 aliphatic heterocycles. The fraction of sp³-hybridized carbons (Fsp3) is 0.438. The molecular weight excluding hydrogens is 297 g/mol. The molecule has 1 aromatic heterocycles. The van der Waals surface area contributed by atoms with Crippen LogP contribution in [0.5, 0.6) is 0 Å². The summed E-state index contributed by atoms with van der Waals surface area (Å²) in [5, 5.41) is 11.2. The molecule has 2 aromatic rings. The summed E-state index contributed by atoms with van der Waals surface area (Å²) in [5.41, 5.74) is 1.11. The predicted octanol–water partition coefficient (Wildman–Crippen LogP) is 1.29. The second kappa shape index (κ2) is 6.87. The number of piperidine rings is 1. The molecule has 0 aliphatic carbocycles. The molecular formula is C16H20FN5O. The summed E-state index contributed by atoms with van der Waals surface area (Å²) in [6.07, 6.45) is 3.68. The number of likely N-dealkylation sites (tertiary alicyclic amines) is 1. The molecule has 122 valence electrons. The first-order valence-electron chi connectivity index (χ1n) is 7.77. The van der Waals surface area contributed by atoms with E-state index in [0.29, 0.717) is 24.8 Å². The van der Waals surface area contributed by atoms with Gasteiger partial charge in [0.1, 0.15) is 5.82 Å². The fourth-order valence-corrected chi connectivity index (χ4v) is 2.86. The van der Waals surface area contributed by atoms with Crippen LogP contribution in [0.4, 0.5) is 4.39 Å². The highest BCUT2D eigenvalue weighted by Crippen LogP contribution is 2.13. The Kier molecular flexibility index (Phi) is 4.66. The minimum Gasteiger partial charge on any atom is -0.336 e. The average molecular weight is 317 g/mol. The van der Waals surface area contributed by atoms with Crippen molar-refractivity contribution in [3.05, 3.63) is 47.5 Å². The maximum atomic E-state index is 13.2. The van der Waals surface area contributed by atoms with Crippen molar-refractivity contribution in [3.8, 4) is 0 Å². The minimum absolute atomic E-state index is 0.101. The summed E-state index contributed by atoms with van der Waals surface area (Å²) in [4.78, 5) is 14.3. The number of amides is 1. The Hall–Kier alpha value is -2.28. The van der Waals surface area contributed by atoms with E-state index in [1.165, 1.54) is 12.1 Å². The first-order chi connectivity index (χ1) is 11.2. The number of halogens is 1. The summed E-state index contributed by atoms with van der Waals surface area (Å²) in [6, 6.07) is 6.64. The van der Waals surface area contributed by atoms with Crippen LogP contribution in [0.1, 0.15) is 28.9 Å². The topological polar surface area (TPSA) is 63.1 Å². The molecule has 3 rings (SSSR count). The number of carbonyl (C=O) groups excluding carboxylic acids is 1. The first kappa shape index (κ1) is 15.6. The quantitative estimate of drug-likeness (QED) is 0.923. The Balaban J connectivity index is 1.67. The highest BCUT2D eigenvalue weighted by atomic mass is 19.1. The van der Waals surface area contributed by atoms with Gasteiger partial charge in [-0.3, -0.25) is 4.79 Å². The van der Waals surface area contributed by atoms with Crippen LogP contribution in [0.2, 0.25) is 0 Å². The van der Waals surface area contributed by atoms with Gasteiger partial charge in [0.15, 0.2) is 5.69 Å². The number of rotatable bonds is 4. The molecule has 0 radical (unpaired) electrons. The van der Waals surface area contributed by atoms with Gasteiger partial charge < -0.3 is 10.2 Å². The molecule has 1 N–H and O–H groups in total. The molecule has 0 spiro atoms. The maximum absolute atomic E-state index is 13.2. The van der Waals surface area contributed by atoms with Crippen LogP contribution in [-0.4, -0.2) is 52.0 Å². The van der Waals surface area contributed by atoms with E-state index in [1.54, 1.807) is 21.8 Å². The number of carbonyl (C=O) groups is 1. The number of nitrogens with one attached hydrogen (secondary N) is 1. The zero-order valence-corrected chi connectivity index (χ0v) is 13.1. The average Bonchev–Trinajstić information content (AvgIpc) is 3.02. The van der Waals surface area contributed by atoms with Crippen molar-refractivity contribution in [2.75, 3.05) is 20.1 Å². The van der Waals surface area contributed by atoms with Crippen LogP contribution in [0.3, 0.4) is 0 Å². The standard InChI is InChI=1S/C16H20FN5O/c1-18-14-6-3-7-21(10-14)16(23)15-11-22(20-19-15)9-12-4-2-5-13(17)8-12/h2,4-5,8,11,14,18H,3,6-7,9-10H2,1H3/t14-/m1/s1. The number of nitrogens with zero attached hydrogens (tertiary/aromatic N) is 4. The zero-order chi connectivity index (χ0) is 16.2. The summed E-state index contributed by atoms with van der Waals surface area (Å²) >= 11 is 0. The smallest absolute Gasteiger partial charge is 0.276 e. The zero-order valence-electron chi connectivity index (χ0n) is 13.1. The van der Waals surface area contributed by atoms with Crippen molar-refractivity contribution in [1.82, 2.24) is 25.2 Å². The summed E-state index contributed by atoms with van der Waals surface area (Å²) in [7, 11) is 1.91. The lowest BCUT2D eigenvalue weighted by Gasteiger charge is -2.31. The lowest BCUT2D eigenvalue weighted by Crippen LogP contribution is -2.47. The second-order valence-corrected chi connectivity index (χ2v) is 5.81. The van der Waals surface area contributed by atoms with Crippen LogP contribution in [0.15, 0.2) is 30.5 Å². The molecule has 1 aliphatic rings. The SMILES string of the molecule is CN[C@@H]1CCCN(C(=O)c2cn(Cc3cccc(F)c3)nn2)C1. The maximum Gasteiger partial charge on any atom is 0.276 e. The van der Waals surface area contributed by atoms with Crippen molar-refractivity contribution in [1.29, 1.82) is 0 Å². The molecule has 7 heteroatoms. The van der Waals surface area contributed by atoms with E-state index in [9.17, 15) is 9.18 Å². The Morgan fingerprint density at radius 2 is 2.35 bits per heavy atom. The second-order valence-electron chi connectivity index (χ2n) is 5.81.